The summed E-state index contributed by atoms with van der Waals surface area (Å²) < 4.78 is 5.34. The van der Waals surface area contributed by atoms with Gasteiger partial charge in [0.25, 0.3) is 0 Å². The minimum absolute atomic E-state index is 0.0847. The zero-order valence-electron chi connectivity index (χ0n) is 8.44. The Morgan fingerprint density at radius 2 is 2.27 bits per heavy atom. The smallest absolute Gasteiger partial charge is 0.331 e. The van der Waals surface area contributed by atoms with Gasteiger partial charge in [0.05, 0.1) is 12.5 Å². The molecular weight excluding hydrogens is 194 g/mol. The molecular formula is C11H13NO3. The van der Waals surface area contributed by atoms with Crippen molar-refractivity contribution in [3.63, 3.8) is 0 Å². The quantitative estimate of drug-likeness (QED) is 0.547. The van der Waals surface area contributed by atoms with Gasteiger partial charge in [-0.25, -0.2) is 4.79 Å². The Balaban J connectivity index is 1.95. The number of nitrogens with zero attached hydrogens (tertiary/aromatic N) is 1. The molecule has 4 heteroatoms. The predicted molar refractivity (Wildman–Crippen MR) is 51.9 cm³/mol. The van der Waals surface area contributed by atoms with Crippen LogP contribution >= 0.6 is 0 Å². The van der Waals surface area contributed by atoms with Crippen LogP contribution < -0.4 is 0 Å². The van der Waals surface area contributed by atoms with Crippen molar-refractivity contribution in [2.45, 2.75) is 37.3 Å². The molecule has 4 nitrogen and oxygen atoms in total. The average Bonchev–Trinajstić information content (AvgIpc) is 2.72. The summed E-state index contributed by atoms with van der Waals surface area (Å²) in [6, 6.07) is 0.0847. The molecule has 0 N–H and O–H groups in total. The SMILES string of the molecule is O=C1C=C[C@@]2(CC(=O)N3CCCCC32)O1. The maximum atomic E-state index is 11.8. The molecule has 0 aromatic heterocycles. The zero-order valence-corrected chi connectivity index (χ0v) is 8.44. The van der Waals surface area contributed by atoms with Crippen molar-refractivity contribution in [1.29, 1.82) is 0 Å². The standard InChI is InChI=1S/C11H13NO3/c13-9-7-11(5-4-10(14)15-11)8-3-1-2-6-12(8)9/h4-5,8H,1-3,6-7H2/t8?,11-/m0/s1. The zero-order chi connectivity index (χ0) is 10.5. The molecule has 2 atom stereocenters. The lowest BCUT2D eigenvalue weighted by molar-refractivity contribution is -0.147. The fraction of sp³-hybridized carbons (Fsp3) is 0.636. The minimum Gasteiger partial charge on any atom is -0.449 e. The second-order valence-corrected chi connectivity index (χ2v) is 4.48. The Bertz CT molecular complexity index is 363. The van der Waals surface area contributed by atoms with Crippen LogP contribution in [0.3, 0.4) is 0 Å². The van der Waals surface area contributed by atoms with Crippen LogP contribution in [0.2, 0.25) is 0 Å². The third kappa shape index (κ3) is 1.14. The number of ether oxygens (including phenoxy) is 1. The molecule has 0 radical (unpaired) electrons. The highest BCUT2D eigenvalue weighted by atomic mass is 16.6. The van der Waals surface area contributed by atoms with Gasteiger partial charge in [0.2, 0.25) is 5.91 Å². The van der Waals surface area contributed by atoms with E-state index in [-0.39, 0.29) is 17.9 Å². The van der Waals surface area contributed by atoms with Crippen LogP contribution in [0.4, 0.5) is 0 Å². The molecule has 0 bridgehead atoms. The third-order valence-corrected chi connectivity index (χ3v) is 3.61. The highest BCUT2D eigenvalue weighted by Gasteiger charge is 2.55. The number of piperidine rings is 1. The largest absolute Gasteiger partial charge is 0.449 e. The summed E-state index contributed by atoms with van der Waals surface area (Å²) in [5.41, 5.74) is -0.630. The van der Waals surface area contributed by atoms with Gasteiger partial charge in [0, 0.05) is 12.6 Å². The Hall–Kier alpha value is -1.32. The van der Waals surface area contributed by atoms with Gasteiger partial charge in [-0.1, -0.05) is 0 Å². The molecule has 0 aliphatic carbocycles. The molecule has 3 aliphatic rings. The Morgan fingerprint density at radius 3 is 3.00 bits per heavy atom. The highest BCUT2D eigenvalue weighted by Crippen LogP contribution is 2.41. The van der Waals surface area contributed by atoms with E-state index >= 15 is 0 Å². The number of carbonyl (C=O) groups is 2. The molecule has 15 heavy (non-hydrogen) atoms. The number of carbonyl (C=O) groups excluding carboxylic acids is 2. The van der Waals surface area contributed by atoms with Gasteiger partial charge >= 0.3 is 5.97 Å². The van der Waals surface area contributed by atoms with Crippen molar-refractivity contribution in [3.8, 4) is 0 Å². The molecule has 1 unspecified atom stereocenters. The second kappa shape index (κ2) is 2.84. The topological polar surface area (TPSA) is 46.6 Å². The molecule has 3 heterocycles. The van der Waals surface area contributed by atoms with Crippen molar-refractivity contribution >= 4 is 11.9 Å². The lowest BCUT2D eigenvalue weighted by atomic mass is 9.89. The highest BCUT2D eigenvalue weighted by molar-refractivity contribution is 5.89. The van der Waals surface area contributed by atoms with Crippen LogP contribution in [0.5, 0.6) is 0 Å². The Kier molecular flexibility index (Phi) is 1.69. The van der Waals surface area contributed by atoms with E-state index < -0.39 is 5.60 Å². The summed E-state index contributed by atoms with van der Waals surface area (Å²) in [6.07, 6.45) is 6.69. The van der Waals surface area contributed by atoms with Crippen molar-refractivity contribution in [3.05, 3.63) is 12.2 Å². The average molecular weight is 207 g/mol. The van der Waals surface area contributed by atoms with E-state index in [1.54, 1.807) is 6.08 Å². The van der Waals surface area contributed by atoms with E-state index in [0.717, 1.165) is 25.8 Å². The molecule has 2 saturated heterocycles. The third-order valence-electron chi connectivity index (χ3n) is 3.61. The summed E-state index contributed by atoms with van der Waals surface area (Å²) in [6.45, 7) is 0.816. The van der Waals surface area contributed by atoms with E-state index in [1.165, 1.54) is 6.08 Å². The fourth-order valence-corrected chi connectivity index (χ4v) is 2.93. The predicted octanol–water partition coefficient (Wildman–Crippen LogP) is 0.623. The van der Waals surface area contributed by atoms with Gasteiger partial charge in [-0.05, 0) is 25.3 Å². The van der Waals surface area contributed by atoms with Crippen LogP contribution in [0.15, 0.2) is 12.2 Å². The molecule has 1 spiro atoms. The van der Waals surface area contributed by atoms with Crippen LogP contribution in [0.25, 0.3) is 0 Å². The molecule has 1 amide bonds. The lowest BCUT2D eigenvalue weighted by Crippen LogP contribution is -2.47. The number of amides is 1. The van der Waals surface area contributed by atoms with E-state index in [4.69, 9.17) is 4.74 Å². The summed E-state index contributed by atoms with van der Waals surface area (Å²) in [7, 11) is 0. The van der Waals surface area contributed by atoms with Gasteiger partial charge in [-0.2, -0.15) is 0 Å². The van der Waals surface area contributed by atoms with Crippen molar-refractivity contribution in [1.82, 2.24) is 4.90 Å². The summed E-state index contributed by atoms with van der Waals surface area (Å²) in [4.78, 5) is 24.8. The number of hydrogen-bond donors (Lipinski definition) is 0. The van der Waals surface area contributed by atoms with E-state index in [9.17, 15) is 9.59 Å². The van der Waals surface area contributed by atoms with Crippen molar-refractivity contribution < 1.29 is 14.3 Å². The number of fused-ring (bicyclic) bond motifs is 2. The first-order valence-electron chi connectivity index (χ1n) is 5.43. The monoisotopic (exact) mass is 207 g/mol. The lowest BCUT2D eigenvalue weighted by Gasteiger charge is -2.35. The summed E-state index contributed by atoms with van der Waals surface area (Å²) >= 11 is 0. The fourth-order valence-electron chi connectivity index (χ4n) is 2.93. The number of rotatable bonds is 0. The van der Waals surface area contributed by atoms with E-state index in [1.807, 2.05) is 4.90 Å². The van der Waals surface area contributed by atoms with Crippen LogP contribution in [0, 0.1) is 0 Å². The van der Waals surface area contributed by atoms with Crippen LogP contribution in [-0.4, -0.2) is 35.0 Å². The van der Waals surface area contributed by atoms with Gasteiger partial charge in [-0.3, -0.25) is 4.79 Å². The summed E-state index contributed by atoms with van der Waals surface area (Å²) in [5, 5.41) is 0. The van der Waals surface area contributed by atoms with Crippen LogP contribution in [-0.2, 0) is 14.3 Å². The normalized spacial score (nSPS) is 38.7. The van der Waals surface area contributed by atoms with E-state index in [2.05, 4.69) is 0 Å². The molecule has 3 aliphatic heterocycles. The first-order valence-corrected chi connectivity index (χ1v) is 5.43. The van der Waals surface area contributed by atoms with E-state index in [0.29, 0.717) is 6.42 Å². The molecule has 0 saturated carbocycles. The minimum atomic E-state index is -0.630. The number of hydrogen-bond acceptors (Lipinski definition) is 3. The maximum Gasteiger partial charge on any atom is 0.331 e. The van der Waals surface area contributed by atoms with Crippen LogP contribution in [0.1, 0.15) is 25.7 Å². The molecule has 0 aromatic carbocycles. The summed E-state index contributed by atoms with van der Waals surface area (Å²) in [5.74, 6) is -0.186. The number of esters is 1. The molecule has 3 rings (SSSR count). The maximum absolute atomic E-state index is 11.8. The first-order chi connectivity index (χ1) is 7.21. The van der Waals surface area contributed by atoms with Gasteiger partial charge in [0.15, 0.2) is 5.60 Å². The van der Waals surface area contributed by atoms with Gasteiger partial charge in [-0.15, -0.1) is 0 Å². The first kappa shape index (κ1) is 8.95. The Morgan fingerprint density at radius 1 is 1.40 bits per heavy atom. The molecule has 2 fully saturated rings. The Labute approximate surface area is 87.9 Å². The molecule has 80 valence electrons. The van der Waals surface area contributed by atoms with Gasteiger partial charge < -0.3 is 9.64 Å². The van der Waals surface area contributed by atoms with Gasteiger partial charge in [0.1, 0.15) is 0 Å². The molecule has 0 aromatic rings. The van der Waals surface area contributed by atoms with Crippen molar-refractivity contribution in [2.24, 2.45) is 0 Å². The van der Waals surface area contributed by atoms with Crippen molar-refractivity contribution in [2.75, 3.05) is 6.54 Å². The second-order valence-electron chi connectivity index (χ2n) is 4.48.